The molecule has 6 aliphatic rings. The van der Waals surface area contributed by atoms with Gasteiger partial charge < -0.3 is 0 Å². The number of nitrogens with zero attached hydrogens (tertiary/aromatic N) is 3. The second-order valence-electron chi connectivity index (χ2n) is 18.8. The summed E-state index contributed by atoms with van der Waals surface area (Å²) in [6.07, 6.45) is 6.83. The molecule has 0 unspecified atom stereocenters. The van der Waals surface area contributed by atoms with Gasteiger partial charge in [0.05, 0.1) is 0 Å². The number of hydrogen-bond acceptors (Lipinski definition) is 3. The van der Waals surface area contributed by atoms with Crippen molar-refractivity contribution in [1.82, 2.24) is 15.0 Å². The minimum atomic E-state index is -0.0888. The molecule has 0 aliphatic heterocycles. The lowest BCUT2D eigenvalue weighted by molar-refractivity contribution is -0.0393. The van der Waals surface area contributed by atoms with Crippen LogP contribution in [0, 0.1) is 23.7 Å². The van der Waals surface area contributed by atoms with Gasteiger partial charge in [-0.15, -0.1) is 0 Å². The van der Waals surface area contributed by atoms with Gasteiger partial charge in [-0.2, -0.15) is 0 Å². The third-order valence-electron chi connectivity index (χ3n) is 15.5. The molecule has 1 aromatic heterocycles. The maximum atomic E-state index is 5.34. The van der Waals surface area contributed by atoms with Crippen LogP contribution in [-0.2, 0) is 10.8 Å². The monoisotopic (exact) mass is 759 g/mol. The predicted molar refractivity (Wildman–Crippen MR) is 240 cm³/mol. The van der Waals surface area contributed by atoms with Crippen molar-refractivity contribution >= 4 is 10.8 Å². The van der Waals surface area contributed by atoms with Gasteiger partial charge in [0.1, 0.15) is 0 Å². The molecule has 0 N–H and O–H groups in total. The topological polar surface area (TPSA) is 38.7 Å². The summed E-state index contributed by atoms with van der Waals surface area (Å²) >= 11 is 0. The van der Waals surface area contributed by atoms with Crippen molar-refractivity contribution in [2.45, 2.75) is 56.8 Å². The first-order chi connectivity index (χ1) is 28.9. The molecular weight excluding hydrogens is 715 g/mol. The van der Waals surface area contributed by atoms with E-state index in [0.29, 0.717) is 23.5 Å². The van der Waals surface area contributed by atoms with Gasteiger partial charge in [0.15, 0.2) is 17.5 Å². The van der Waals surface area contributed by atoms with Crippen LogP contribution in [-0.4, -0.2) is 15.0 Å². The van der Waals surface area contributed by atoms with E-state index >= 15 is 0 Å². The lowest BCUT2D eigenvalue weighted by Crippen LogP contribution is -2.55. The van der Waals surface area contributed by atoms with Gasteiger partial charge in [-0.25, -0.2) is 15.0 Å². The van der Waals surface area contributed by atoms with Gasteiger partial charge in [-0.05, 0) is 128 Å². The van der Waals surface area contributed by atoms with E-state index in [4.69, 9.17) is 15.0 Å². The van der Waals surface area contributed by atoms with Crippen LogP contribution in [0.2, 0.25) is 0 Å². The maximum absolute atomic E-state index is 5.34. The van der Waals surface area contributed by atoms with E-state index < -0.39 is 0 Å². The van der Waals surface area contributed by atoms with Crippen LogP contribution in [0.4, 0.5) is 0 Å². The molecule has 4 bridgehead atoms. The molecule has 0 saturated heterocycles. The van der Waals surface area contributed by atoms with Crippen LogP contribution in [0.25, 0.3) is 78.3 Å². The Morgan fingerprint density at radius 3 is 1.71 bits per heavy atom. The SMILES string of the molecule is CC1(C)c2ccccc2-c2cccc(-c3ccc(-c4nc(-c5ccccc5)nc(-c5ccc6c(c5)C5(c7c-6ccc6ccccc76)C6CC7CC(C6)CC5C7)n4)cc3)c21. The van der Waals surface area contributed by atoms with E-state index in [1.807, 2.05) is 0 Å². The highest BCUT2D eigenvalue weighted by Crippen LogP contribution is 2.70. The molecule has 14 rings (SSSR count). The van der Waals surface area contributed by atoms with Crippen molar-refractivity contribution in [3.63, 3.8) is 0 Å². The molecule has 284 valence electrons. The minimum absolute atomic E-state index is 0.0243. The Bertz CT molecular complexity index is 3000. The Hall–Kier alpha value is -6.19. The van der Waals surface area contributed by atoms with Crippen LogP contribution >= 0.6 is 0 Å². The molecule has 8 aromatic rings. The van der Waals surface area contributed by atoms with Gasteiger partial charge in [-0.3, -0.25) is 0 Å². The van der Waals surface area contributed by atoms with Gasteiger partial charge in [0.25, 0.3) is 0 Å². The van der Waals surface area contributed by atoms with E-state index in [1.54, 1.807) is 5.56 Å². The molecule has 1 spiro atoms. The number of fused-ring (bicyclic) bond motifs is 8. The smallest absolute Gasteiger partial charge is 0.164 e. The molecule has 0 radical (unpaired) electrons. The third-order valence-corrected chi connectivity index (χ3v) is 15.5. The zero-order valence-electron chi connectivity index (χ0n) is 33.6. The van der Waals surface area contributed by atoms with Crippen LogP contribution in [0.3, 0.4) is 0 Å². The van der Waals surface area contributed by atoms with Crippen molar-refractivity contribution in [2.24, 2.45) is 23.7 Å². The third kappa shape index (κ3) is 4.68. The van der Waals surface area contributed by atoms with Crippen molar-refractivity contribution in [2.75, 3.05) is 0 Å². The Kier molecular flexibility index (Phi) is 6.96. The molecule has 7 aromatic carbocycles. The fraction of sp³-hybridized carbons (Fsp3) is 0.232. The fourth-order valence-corrected chi connectivity index (χ4v) is 13.4. The molecule has 3 nitrogen and oxygen atoms in total. The lowest BCUT2D eigenvalue weighted by atomic mass is 9.43. The zero-order valence-corrected chi connectivity index (χ0v) is 33.6. The highest BCUT2D eigenvalue weighted by Gasteiger charge is 2.62. The molecular formula is C56H45N3. The van der Waals surface area contributed by atoms with Gasteiger partial charge in [-0.1, -0.05) is 159 Å². The van der Waals surface area contributed by atoms with Crippen LogP contribution < -0.4 is 0 Å². The largest absolute Gasteiger partial charge is 0.208 e. The fourth-order valence-electron chi connectivity index (χ4n) is 13.4. The second-order valence-corrected chi connectivity index (χ2v) is 18.8. The summed E-state index contributed by atoms with van der Waals surface area (Å²) < 4.78 is 0. The summed E-state index contributed by atoms with van der Waals surface area (Å²) in [7, 11) is 0. The summed E-state index contributed by atoms with van der Waals surface area (Å²) in [5.41, 5.74) is 16.9. The molecule has 0 amide bonds. The second kappa shape index (κ2) is 12.2. The van der Waals surface area contributed by atoms with Crippen molar-refractivity contribution in [3.05, 3.63) is 174 Å². The zero-order chi connectivity index (χ0) is 39.0. The summed E-state index contributed by atoms with van der Waals surface area (Å²) in [5.74, 6) is 5.23. The highest BCUT2D eigenvalue weighted by atomic mass is 15.0. The number of benzene rings is 7. The summed E-state index contributed by atoms with van der Waals surface area (Å²) in [6, 6.07) is 56.1. The molecule has 3 heteroatoms. The number of hydrogen-bond donors (Lipinski definition) is 0. The lowest BCUT2D eigenvalue weighted by Gasteiger charge is -2.61. The highest BCUT2D eigenvalue weighted by molar-refractivity contribution is 5.98. The average Bonchev–Trinajstić information content (AvgIpc) is 3.71. The van der Waals surface area contributed by atoms with Crippen LogP contribution in [0.15, 0.2) is 152 Å². The summed E-state index contributed by atoms with van der Waals surface area (Å²) in [5, 5.41) is 2.81. The minimum Gasteiger partial charge on any atom is -0.208 e. The van der Waals surface area contributed by atoms with Crippen molar-refractivity contribution in [3.8, 4) is 67.5 Å². The first kappa shape index (κ1) is 33.7. The van der Waals surface area contributed by atoms with E-state index in [1.165, 1.54) is 92.9 Å². The Morgan fingerprint density at radius 2 is 0.949 bits per heavy atom. The van der Waals surface area contributed by atoms with Crippen LogP contribution in [0.1, 0.15) is 68.2 Å². The van der Waals surface area contributed by atoms with Gasteiger partial charge >= 0.3 is 0 Å². The van der Waals surface area contributed by atoms with Gasteiger partial charge in [0, 0.05) is 27.5 Å². The standard InChI is InChI=1S/C56H45N3/c1-55(2)48-18-9-8-15-44(48)46-17-10-16-42(50(46)55)36-19-21-38(22-20-36)53-57-52(37-12-4-3-5-13-37)58-54(59-53)39-24-25-45-47-26-23-35-11-6-7-14-43(35)51(47)56(49(45)32-39)40-28-33-27-34(30-40)31-41(56)29-33/h3-26,32-34,40-41H,27-31H2,1-2H3. The molecule has 0 atom stereocenters. The first-order valence-electron chi connectivity index (χ1n) is 21.8. The molecule has 1 heterocycles. The normalized spacial score (nSPS) is 23.6. The predicted octanol–water partition coefficient (Wildman–Crippen LogP) is 13.7. The Morgan fingerprint density at radius 1 is 0.407 bits per heavy atom. The molecule has 4 fully saturated rings. The van der Waals surface area contributed by atoms with E-state index in [9.17, 15) is 0 Å². The number of rotatable bonds is 4. The van der Waals surface area contributed by atoms with Gasteiger partial charge in [0.2, 0.25) is 0 Å². The van der Waals surface area contributed by atoms with Crippen molar-refractivity contribution < 1.29 is 0 Å². The van der Waals surface area contributed by atoms with E-state index in [-0.39, 0.29) is 10.8 Å². The Labute approximate surface area is 346 Å². The number of aromatic nitrogens is 3. The first-order valence-corrected chi connectivity index (χ1v) is 21.8. The summed E-state index contributed by atoms with van der Waals surface area (Å²) in [4.78, 5) is 15.8. The maximum Gasteiger partial charge on any atom is 0.164 e. The molecule has 4 saturated carbocycles. The molecule has 59 heavy (non-hydrogen) atoms. The summed E-state index contributed by atoms with van der Waals surface area (Å²) in [6.45, 7) is 4.72. The Balaban J connectivity index is 0.953. The molecule has 6 aliphatic carbocycles. The van der Waals surface area contributed by atoms with Crippen LogP contribution in [0.5, 0.6) is 0 Å². The van der Waals surface area contributed by atoms with E-state index in [0.717, 1.165) is 34.4 Å². The van der Waals surface area contributed by atoms with E-state index in [2.05, 4.69) is 166 Å². The quantitative estimate of drug-likeness (QED) is 0.179. The average molecular weight is 760 g/mol. The van der Waals surface area contributed by atoms with Crippen molar-refractivity contribution in [1.29, 1.82) is 0 Å².